The van der Waals surface area contributed by atoms with Gasteiger partial charge in [-0.25, -0.2) is 4.98 Å². The molecule has 2 heterocycles. The Morgan fingerprint density at radius 3 is 2.13 bits per heavy atom. The molecule has 3 aromatic carbocycles. The van der Waals surface area contributed by atoms with Crippen LogP contribution in [0.3, 0.4) is 0 Å². The SMILES string of the molecule is NC(=O)c1cc(NC(=O)CSc2nc3scc(-c4ccccc4)c3c(=O)n2-c2ccccc2)cc(C(N)=O)c1. The van der Waals surface area contributed by atoms with E-state index in [1.54, 1.807) is 12.1 Å². The van der Waals surface area contributed by atoms with Gasteiger partial charge in [-0.1, -0.05) is 60.3 Å². The van der Waals surface area contributed by atoms with Crippen LogP contribution in [-0.4, -0.2) is 33.0 Å². The number of primary amides is 2. The molecule has 0 fully saturated rings. The summed E-state index contributed by atoms with van der Waals surface area (Å²) in [7, 11) is 0. The lowest BCUT2D eigenvalue weighted by molar-refractivity contribution is -0.113. The van der Waals surface area contributed by atoms with Crippen LogP contribution in [0.2, 0.25) is 0 Å². The van der Waals surface area contributed by atoms with E-state index in [-0.39, 0.29) is 28.1 Å². The molecule has 5 rings (SSSR count). The Kier molecular flexibility index (Phi) is 7.26. The summed E-state index contributed by atoms with van der Waals surface area (Å²) in [5, 5.41) is 5.41. The molecular formula is C28H21N5O4S2. The first-order valence-corrected chi connectivity index (χ1v) is 13.5. The lowest BCUT2D eigenvalue weighted by Gasteiger charge is -2.13. The van der Waals surface area contributed by atoms with E-state index in [2.05, 4.69) is 5.32 Å². The number of rotatable bonds is 8. The van der Waals surface area contributed by atoms with E-state index in [0.29, 0.717) is 21.1 Å². The molecule has 3 amide bonds. The van der Waals surface area contributed by atoms with E-state index < -0.39 is 17.7 Å². The van der Waals surface area contributed by atoms with Crippen molar-refractivity contribution in [1.29, 1.82) is 0 Å². The molecule has 5 aromatic rings. The molecule has 39 heavy (non-hydrogen) atoms. The van der Waals surface area contributed by atoms with Crippen molar-refractivity contribution in [2.24, 2.45) is 11.5 Å². The number of carbonyl (C=O) groups is 3. The number of thioether (sulfide) groups is 1. The molecule has 0 spiro atoms. The van der Waals surface area contributed by atoms with Crippen molar-refractivity contribution in [2.45, 2.75) is 5.16 Å². The highest BCUT2D eigenvalue weighted by atomic mass is 32.2. The molecule has 0 bridgehead atoms. The summed E-state index contributed by atoms with van der Waals surface area (Å²) in [6, 6.07) is 22.7. The maximum Gasteiger partial charge on any atom is 0.268 e. The average Bonchev–Trinajstić information content (AvgIpc) is 3.37. The first kappa shape index (κ1) is 25.9. The van der Waals surface area contributed by atoms with Crippen molar-refractivity contribution in [2.75, 3.05) is 11.1 Å². The number of para-hydroxylation sites is 1. The third-order valence-corrected chi connectivity index (χ3v) is 7.61. The van der Waals surface area contributed by atoms with Crippen molar-refractivity contribution in [3.05, 3.63) is 106 Å². The Bertz CT molecular complexity index is 1750. The van der Waals surface area contributed by atoms with Crippen LogP contribution in [0.1, 0.15) is 20.7 Å². The van der Waals surface area contributed by atoms with Crippen LogP contribution in [0.4, 0.5) is 5.69 Å². The van der Waals surface area contributed by atoms with Gasteiger partial charge in [0.15, 0.2) is 5.16 Å². The van der Waals surface area contributed by atoms with Gasteiger partial charge in [0.05, 0.1) is 16.8 Å². The lowest BCUT2D eigenvalue weighted by atomic mass is 10.1. The van der Waals surface area contributed by atoms with E-state index in [1.807, 2.05) is 53.9 Å². The smallest absolute Gasteiger partial charge is 0.268 e. The van der Waals surface area contributed by atoms with Gasteiger partial charge in [0.25, 0.3) is 5.56 Å². The second kappa shape index (κ2) is 10.9. The molecular weight excluding hydrogens is 534 g/mol. The van der Waals surface area contributed by atoms with Gasteiger partial charge in [-0.3, -0.25) is 23.7 Å². The lowest BCUT2D eigenvalue weighted by Crippen LogP contribution is -2.23. The number of anilines is 1. The van der Waals surface area contributed by atoms with Crippen LogP contribution in [0.5, 0.6) is 0 Å². The highest BCUT2D eigenvalue weighted by Gasteiger charge is 2.19. The number of benzene rings is 3. The number of amides is 3. The summed E-state index contributed by atoms with van der Waals surface area (Å²) in [6.45, 7) is 0. The van der Waals surface area contributed by atoms with Crippen molar-refractivity contribution in [1.82, 2.24) is 9.55 Å². The van der Waals surface area contributed by atoms with Gasteiger partial charge >= 0.3 is 0 Å². The van der Waals surface area contributed by atoms with Gasteiger partial charge in [0.2, 0.25) is 17.7 Å². The number of hydrogen-bond donors (Lipinski definition) is 3. The van der Waals surface area contributed by atoms with Crippen LogP contribution >= 0.6 is 23.1 Å². The molecule has 0 aliphatic heterocycles. The third-order valence-electron chi connectivity index (χ3n) is 5.79. The van der Waals surface area contributed by atoms with Crippen molar-refractivity contribution >= 4 is 56.7 Å². The summed E-state index contributed by atoms with van der Waals surface area (Å²) < 4.78 is 1.50. The molecule has 11 heteroatoms. The Morgan fingerprint density at radius 2 is 1.51 bits per heavy atom. The quantitative estimate of drug-likeness (QED) is 0.194. The molecule has 5 N–H and O–H groups in total. The molecule has 0 aliphatic carbocycles. The number of hydrogen-bond acceptors (Lipinski definition) is 7. The van der Waals surface area contributed by atoms with Crippen LogP contribution < -0.4 is 22.3 Å². The van der Waals surface area contributed by atoms with E-state index in [4.69, 9.17) is 16.5 Å². The average molecular weight is 556 g/mol. The first-order valence-electron chi connectivity index (χ1n) is 11.6. The molecule has 194 valence electrons. The fourth-order valence-corrected chi connectivity index (χ4v) is 5.82. The number of thiophene rings is 1. The highest BCUT2D eigenvalue weighted by Crippen LogP contribution is 2.33. The number of aromatic nitrogens is 2. The molecule has 0 atom stereocenters. The Hall–Kier alpha value is -4.74. The number of fused-ring (bicyclic) bond motifs is 1. The Balaban J connectivity index is 1.49. The topological polar surface area (TPSA) is 150 Å². The summed E-state index contributed by atoms with van der Waals surface area (Å²) in [4.78, 5) is 55.3. The van der Waals surface area contributed by atoms with Crippen molar-refractivity contribution < 1.29 is 14.4 Å². The molecule has 0 unspecified atom stereocenters. The fraction of sp³-hybridized carbons (Fsp3) is 0.0357. The zero-order valence-electron chi connectivity index (χ0n) is 20.3. The monoisotopic (exact) mass is 555 g/mol. The minimum absolute atomic E-state index is 0.0335. The maximum absolute atomic E-state index is 13.9. The second-order valence-electron chi connectivity index (χ2n) is 8.43. The van der Waals surface area contributed by atoms with Gasteiger partial charge in [-0.2, -0.15) is 0 Å². The Labute approximate surface area is 230 Å². The van der Waals surface area contributed by atoms with E-state index in [1.165, 1.54) is 34.1 Å². The van der Waals surface area contributed by atoms with Gasteiger partial charge in [0.1, 0.15) is 4.83 Å². The van der Waals surface area contributed by atoms with Gasteiger partial charge in [-0.15, -0.1) is 11.3 Å². The number of carbonyl (C=O) groups excluding carboxylic acids is 3. The highest BCUT2D eigenvalue weighted by molar-refractivity contribution is 7.99. The summed E-state index contributed by atoms with van der Waals surface area (Å²) in [5.74, 6) is -2.08. The summed E-state index contributed by atoms with van der Waals surface area (Å²) in [5.41, 5.74) is 13.0. The molecule has 2 aromatic heterocycles. The zero-order chi connectivity index (χ0) is 27.5. The number of nitrogens with two attached hydrogens (primary N) is 2. The number of nitrogens with one attached hydrogen (secondary N) is 1. The van der Waals surface area contributed by atoms with Crippen molar-refractivity contribution in [3.8, 4) is 16.8 Å². The van der Waals surface area contributed by atoms with Gasteiger partial charge in [0, 0.05) is 27.8 Å². The molecule has 0 aliphatic rings. The maximum atomic E-state index is 13.9. The van der Waals surface area contributed by atoms with Crippen LogP contribution in [0.25, 0.3) is 27.0 Å². The predicted octanol–water partition coefficient (Wildman–Crippen LogP) is 4.04. The molecule has 0 saturated carbocycles. The third kappa shape index (κ3) is 5.44. The van der Waals surface area contributed by atoms with E-state index in [9.17, 15) is 19.2 Å². The van der Waals surface area contributed by atoms with E-state index in [0.717, 1.165) is 22.9 Å². The molecule has 0 saturated heterocycles. The van der Waals surface area contributed by atoms with Crippen molar-refractivity contribution in [3.63, 3.8) is 0 Å². The summed E-state index contributed by atoms with van der Waals surface area (Å²) >= 11 is 2.45. The standard InChI is InChI=1S/C28H21N5O4S2/c29-24(35)17-11-18(25(30)36)13-19(12-17)31-22(34)15-39-28-32-26-23(21(14-38-26)16-7-3-1-4-8-16)27(37)33(28)20-9-5-2-6-10-20/h1-14H,15H2,(H2,29,35)(H2,30,36)(H,31,34). The fourth-order valence-electron chi connectivity index (χ4n) is 4.02. The van der Waals surface area contributed by atoms with E-state index >= 15 is 0 Å². The van der Waals surface area contributed by atoms with Crippen LogP contribution in [-0.2, 0) is 4.79 Å². The van der Waals surface area contributed by atoms with Gasteiger partial charge < -0.3 is 16.8 Å². The predicted molar refractivity (Wildman–Crippen MR) is 153 cm³/mol. The normalized spacial score (nSPS) is 10.9. The molecule has 9 nitrogen and oxygen atoms in total. The summed E-state index contributed by atoms with van der Waals surface area (Å²) in [6.07, 6.45) is 0. The number of nitrogens with zero attached hydrogens (tertiary/aromatic N) is 2. The van der Waals surface area contributed by atoms with Gasteiger partial charge in [-0.05, 0) is 35.9 Å². The minimum Gasteiger partial charge on any atom is -0.366 e. The Morgan fingerprint density at radius 1 is 0.897 bits per heavy atom. The first-order chi connectivity index (χ1) is 18.8. The van der Waals surface area contributed by atoms with Crippen LogP contribution in [0.15, 0.2) is 94.2 Å². The second-order valence-corrected chi connectivity index (χ2v) is 10.2. The molecule has 0 radical (unpaired) electrons. The van der Waals surface area contributed by atoms with Crippen LogP contribution in [0, 0.1) is 0 Å². The zero-order valence-corrected chi connectivity index (χ0v) is 21.9. The minimum atomic E-state index is -0.766. The largest absolute Gasteiger partial charge is 0.366 e.